The van der Waals surface area contributed by atoms with Crippen molar-refractivity contribution in [3.05, 3.63) is 66.0 Å². The summed E-state index contributed by atoms with van der Waals surface area (Å²) in [7, 11) is 0. The Morgan fingerprint density at radius 3 is 2.76 bits per heavy atom. The van der Waals surface area contributed by atoms with Gasteiger partial charge in [-0.2, -0.15) is 15.2 Å². The van der Waals surface area contributed by atoms with Crippen molar-refractivity contribution in [3.63, 3.8) is 0 Å². The summed E-state index contributed by atoms with van der Waals surface area (Å²) < 4.78 is 67.8. The molecule has 4 aromatic rings. The fourth-order valence-corrected chi connectivity index (χ4v) is 7.84. The Labute approximate surface area is 285 Å². The number of nitriles is 1. The number of anilines is 1. The van der Waals surface area contributed by atoms with Crippen molar-refractivity contribution in [2.24, 2.45) is 0 Å². The molecule has 1 amide bonds. The molecule has 256 valence electrons. The number of fused-ring (bicyclic) bond motifs is 3. The van der Waals surface area contributed by atoms with Crippen LogP contribution in [0.4, 0.5) is 23.4 Å². The van der Waals surface area contributed by atoms with Gasteiger partial charge in [0.15, 0.2) is 11.6 Å². The van der Waals surface area contributed by atoms with Crippen LogP contribution in [-0.2, 0) is 4.79 Å². The van der Waals surface area contributed by atoms with Gasteiger partial charge in [-0.15, -0.1) is 6.42 Å². The maximum atomic E-state index is 17.0. The van der Waals surface area contributed by atoms with Crippen LogP contribution >= 0.6 is 0 Å². The molecule has 3 fully saturated rings. The van der Waals surface area contributed by atoms with Crippen LogP contribution in [0, 0.1) is 35.3 Å². The SMILES string of the molecule is C#Cc1cccc2cc(O)cc(-c3c(F)cc4c(N5CCN(C(=O)C(=C)F)[C@@H](CC#N)C5)nc(OC[C@@]56CCCN5C[C@H](F)C6)nc4c3F)c12. The Morgan fingerprint density at radius 1 is 1.18 bits per heavy atom. The van der Waals surface area contributed by atoms with E-state index in [-0.39, 0.29) is 79.7 Å². The number of phenols is 1. The first-order valence-corrected chi connectivity index (χ1v) is 16.2. The Kier molecular flexibility index (Phi) is 8.48. The van der Waals surface area contributed by atoms with Crippen molar-refractivity contribution < 1.29 is 32.2 Å². The molecule has 7 rings (SSSR count). The van der Waals surface area contributed by atoms with Crippen molar-refractivity contribution >= 4 is 33.4 Å². The molecule has 4 heterocycles. The summed E-state index contributed by atoms with van der Waals surface area (Å²) in [6.45, 7) is 4.16. The summed E-state index contributed by atoms with van der Waals surface area (Å²) in [6.07, 6.45) is 6.42. The number of ether oxygens (including phenoxy) is 1. The second kappa shape index (κ2) is 12.8. The number of aromatic hydroxyl groups is 1. The molecule has 3 aliphatic rings. The number of carbonyl (C=O) groups excluding carboxylic acids is 1. The highest BCUT2D eigenvalue weighted by molar-refractivity contribution is 6.04. The molecule has 1 N–H and O–H groups in total. The van der Waals surface area contributed by atoms with Crippen molar-refractivity contribution in [2.45, 2.75) is 43.4 Å². The lowest BCUT2D eigenvalue weighted by Crippen LogP contribution is -2.55. The largest absolute Gasteiger partial charge is 0.508 e. The molecule has 1 aromatic heterocycles. The number of hydrogen-bond acceptors (Lipinski definition) is 8. The first-order valence-electron chi connectivity index (χ1n) is 16.2. The Hall–Kier alpha value is -5.40. The van der Waals surface area contributed by atoms with Gasteiger partial charge in [-0.3, -0.25) is 9.69 Å². The number of halogens is 4. The fourth-order valence-electron chi connectivity index (χ4n) is 7.84. The molecule has 0 aliphatic carbocycles. The third-order valence-electron chi connectivity index (χ3n) is 10.1. The van der Waals surface area contributed by atoms with Gasteiger partial charge in [0.2, 0.25) is 0 Å². The molecule has 50 heavy (non-hydrogen) atoms. The van der Waals surface area contributed by atoms with E-state index in [9.17, 15) is 23.9 Å². The standard InChI is InChI=1S/C37H32F4N6O3/c1-3-22-6-4-7-23-14-26(48)15-27(30(22)23)31-29(40)16-28-33(32(31)41)43-36(50-20-37-9-5-11-46(37)18-24(39)17-37)44-34(28)45-12-13-47(35(49)21(2)38)25(19-45)8-10-42/h1,4,6-7,14-16,24-25,48H,2,5,8-9,11-13,17-20H2/t24-,25+,37+/m1/s1. The minimum atomic E-state index is -1.17. The second-order valence-corrected chi connectivity index (χ2v) is 13.0. The monoisotopic (exact) mass is 684 g/mol. The number of alkyl halides is 1. The van der Waals surface area contributed by atoms with E-state index in [4.69, 9.17) is 11.2 Å². The first-order chi connectivity index (χ1) is 24.0. The van der Waals surface area contributed by atoms with Crippen LogP contribution < -0.4 is 9.64 Å². The lowest BCUT2D eigenvalue weighted by Gasteiger charge is -2.41. The van der Waals surface area contributed by atoms with E-state index in [0.29, 0.717) is 22.8 Å². The number of amides is 1. The molecular formula is C37H32F4N6O3. The number of carbonyl (C=O) groups is 1. The quantitative estimate of drug-likeness (QED) is 0.148. The van der Waals surface area contributed by atoms with Gasteiger partial charge < -0.3 is 19.6 Å². The first kappa shape index (κ1) is 33.1. The molecule has 0 saturated carbocycles. The topological polar surface area (TPSA) is 106 Å². The number of piperazine rings is 1. The molecule has 3 aromatic carbocycles. The van der Waals surface area contributed by atoms with E-state index in [0.717, 1.165) is 19.0 Å². The van der Waals surface area contributed by atoms with Gasteiger partial charge in [-0.05, 0) is 49.0 Å². The fraction of sp³-hybridized carbons (Fsp3) is 0.351. The molecule has 0 unspecified atom stereocenters. The van der Waals surface area contributed by atoms with Gasteiger partial charge in [-0.1, -0.05) is 24.6 Å². The molecule has 9 nitrogen and oxygen atoms in total. The van der Waals surface area contributed by atoms with E-state index >= 15 is 8.78 Å². The van der Waals surface area contributed by atoms with Crippen LogP contribution in [0.15, 0.2) is 48.8 Å². The third-order valence-corrected chi connectivity index (χ3v) is 10.1. The van der Waals surface area contributed by atoms with Crippen LogP contribution in [0.2, 0.25) is 0 Å². The molecule has 0 bridgehead atoms. The number of rotatable bonds is 7. The average Bonchev–Trinajstić information content (AvgIpc) is 3.62. The smallest absolute Gasteiger partial charge is 0.319 e. The zero-order chi connectivity index (χ0) is 35.3. The van der Waals surface area contributed by atoms with Crippen molar-refractivity contribution in [1.82, 2.24) is 19.8 Å². The predicted molar refractivity (Wildman–Crippen MR) is 179 cm³/mol. The molecule has 0 radical (unpaired) electrons. The number of benzene rings is 3. The van der Waals surface area contributed by atoms with E-state index < -0.39 is 46.7 Å². The van der Waals surface area contributed by atoms with Gasteiger partial charge in [-0.25, -0.2) is 17.6 Å². The zero-order valence-electron chi connectivity index (χ0n) is 26.9. The predicted octanol–water partition coefficient (Wildman–Crippen LogP) is 5.78. The summed E-state index contributed by atoms with van der Waals surface area (Å²) in [5.41, 5.74) is -0.971. The van der Waals surface area contributed by atoms with Gasteiger partial charge in [0.25, 0.3) is 5.91 Å². The minimum Gasteiger partial charge on any atom is -0.508 e. The van der Waals surface area contributed by atoms with Gasteiger partial charge in [0, 0.05) is 54.5 Å². The second-order valence-electron chi connectivity index (χ2n) is 13.0. The summed E-state index contributed by atoms with van der Waals surface area (Å²) in [4.78, 5) is 26.5. The van der Waals surface area contributed by atoms with Gasteiger partial charge >= 0.3 is 6.01 Å². The van der Waals surface area contributed by atoms with E-state index in [1.807, 2.05) is 11.0 Å². The molecule has 3 aliphatic heterocycles. The number of phenolic OH excluding ortho intramolecular Hbond substituents is 1. The van der Waals surface area contributed by atoms with Crippen LogP contribution in [0.5, 0.6) is 11.8 Å². The molecular weight excluding hydrogens is 652 g/mol. The number of aromatic nitrogens is 2. The maximum Gasteiger partial charge on any atom is 0.319 e. The lowest BCUT2D eigenvalue weighted by molar-refractivity contribution is -0.131. The van der Waals surface area contributed by atoms with Crippen molar-refractivity contribution in [3.8, 4) is 41.3 Å². The summed E-state index contributed by atoms with van der Waals surface area (Å²) >= 11 is 0. The highest BCUT2D eigenvalue weighted by Crippen LogP contribution is 2.43. The van der Waals surface area contributed by atoms with E-state index in [1.54, 1.807) is 23.1 Å². The van der Waals surface area contributed by atoms with E-state index in [2.05, 4.69) is 22.5 Å². The lowest BCUT2D eigenvalue weighted by atomic mass is 9.93. The Morgan fingerprint density at radius 2 is 2.00 bits per heavy atom. The molecule has 3 saturated heterocycles. The van der Waals surface area contributed by atoms with Crippen molar-refractivity contribution in [2.75, 3.05) is 44.2 Å². The van der Waals surface area contributed by atoms with Crippen LogP contribution in [0.1, 0.15) is 31.2 Å². The molecule has 0 spiro atoms. The van der Waals surface area contributed by atoms with Crippen LogP contribution in [0.25, 0.3) is 32.8 Å². The Balaban J connectivity index is 1.38. The van der Waals surface area contributed by atoms with Crippen LogP contribution in [-0.4, -0.2) is 87.9 Å². The summed E-state index contributed by atoms with van der Waals surface area (Å²) in [5.74, 6) is -1.78. The third kappa shape index (κ3) is 5.61. The number of hydrogen-bond donors (Lipinski definition) is 1. The van der Waals surface area contributed by atoms with E-state index in [1.165, 1.54) is 17.0 Å². The zero-order valence-corrected chi connectivity index (χ0v) is 26.9. The minimum absolute atomic E-state index is 0.0150. The van der Waals surface area contributed by atoms with Crippen molar-refractivity contribution in [1.29, 1.82) is 5.26 Å². The Bertz CT molecular complexity index is 2150. The maximum absolute atomic E-state index is 17.0. The highest BCUT2D eigenvalue weighted by atomic mass is 19.1. The number of nitrogens with zero attached hydrogens (tertiary/aromatic N) is 6. The average molecular weight is 685 g/mol. The molecule has 3 atom stereocenters. The summed E-state index contributed by atoms with van der Waals surface area (Å²) in [5, 5.41) is 20.9. The van der Waals surface area contributed by atoms with Gasteiger partial charge in [0.05, 0.1) is 29.6 Å². The van der Waals surface area contributed by atoms with Crippen LogP contribution in [0.3, 0.4) is 0 Å². The normalized spacial score (nSPS) is 22.0. The summed E-state index contributed by atoms with van der Waals surface area (Å²) in [6, 6.07) is 9.72. The highest BCUT2D eigenvalue weighted by Gasteiger charge is 2.49. The molecule has 13 heteroatoms. The number of terminal acetylenes is 1. The van der Waals surface area contributed by atoms with Gasteiger partial charge in [0.1, 0.15) is 35.7 Å².